The minimum atomic E-state index is -0.0964. The van der Waals surface area contributed by atoms with E-state index in [-0.39, 0.29) is 5.54 Å². The second-order valence-corrected chi connectivity index (χ2v) is 4.25. The number of fused-ring (bicyclic) bond motifs is 1. The Bertz CT molecular complexity index is 331. The van der Waals surface area contributed by atoms with Crippen molar-refractivity contribution in [2.75, 3.05) is 0 Å². The van der Waals surface area contributed by atoms with Gasteiger partial charge in [-0.15, -0.1) is 0 Å². The van der Waals surface area contributed by atoms with Crippen LogP contribution in [0.25, 0.3) is 0 Å². The highest BCUT2D eigenvalue weighted by atomic mass is 16.3. The van der Waals surface area contributed by atoms with Crippen molar-refractivity contribution in [3.63, 3.8) is 0 Å². The number of benzene rings is 1. The Hall–Kier alpha value is -1.02. The largest absolute Gasteiger partial charge is 0.508 e. The lowest BCUT2D eigenvalue weighted by molar-refractivity contribution is 0.395. The number of phenolic OH excluding ortho intramolecular Hbond substituents is 1. The molecule has 1 aliphatic rings. The van der Waals surface area contributed by atoms with Gasteiger partial charge in [-0.25, -0.2) is 0 Å². The summed E-state index contributed by atoms with van der Waals surface area (Å²) in [6.07, 6.45) is 2.73. The van der Waals surface area contributed by atoms with Crippen molar-refractivity contribution in [2.24, 2.45) is 5.73 Å². The normalized spacial score (nSPS) is 26.9. The summed E-state index contributed by atoms with van der Waals surface area (Å²) in [5.41, 5.74) is 8.26. The smallest absolute Gasteiger partial charge is 0.119 e. The molecule has 2 rings (SSSR count). The molecular weight excluding hydrogens is 162 g/mol. The summed E-state index contributed by atoms with van der Waals surface area (Å²) in [5, 5.41) is 9.59. The van der Waals surface area contributed by atoms with Crippen LogP contribution in [0.15, 0.2) is 18.2 Å². The van der Waals surface area contributed by atoms with E-state index in [2.05, 4.69) is 13.0 Å². The predicted octanol–water partition coefficient (Wildman–Crippen LogP) is 1.60. The zero-order valence-electron chi connectivity index (χ0n) is 7.88. The molecule has 13 heavy (non-hydrogen) atoms. The van der Waals surface area contributed by atoms with Crippen molar-refractivity contribution in [1.82, 2.24) is 0 Å². The first kappa shape index (κ1) is 8.57. The molecule has 0 radical (unpaired) electrons. The summed E-state index contributed by atoms with van der Waals surface area (Å²) in [4.78, 5) is 0. The number of hydrogen-bond acceptors (Lipinski definition) is 2. The van der Waals surface area contributed by atoms with Gasteiger partial charge in [0.05, 0.1) is 0 Å². The fraction of sp³-hybridized carbons (Fsp3) is 0.455. The van der Waals surface area contributed by atoms with Crippen LogP contribution in [0, 0.1) is 0 Å². The number of nitrogens with two attached hydrogens (primary N) is 1. The van der Waals surface area contributed by atoms with E-state index in [1.165, 1.54) is 5.56 Å². The molecule has 0 fully saturated rings. The topological polar surface area (TPSA) is 46.2 Å². The van der Waals surface area contributed by atoms with Gasteiger partial charge in [-0.05, 0) is 43.4 Å². The Morgan fingerprint density at radius 2 is 2.23 bits per heavy atom. The molecule has 1 aromatic rings. The number of rotatable bonds is 0. The van der Waals surface area contributed by atoms with Gasteiger partial charge < -0.3 is 10.8 Å². The van der Waals surface area contributed by atoms with Crippen molar-refractivity contribution in [3.05, 3.63) is 29.3 Å². The third-order valence-corrected chi connectivity index (χ3v) is 2.79. The van der Waals surface area contributed by atoms with Crippen molar-refractivity contribution in [2.45, 2.75) is 31.7 Å². The van der Waals surface area contributed by atoms with Crippen molar-refractivity contribution in [3.8, 4) is 5.75 Å². The first-order chi connectivity index (χ1) is 6.08. The van der Waals surface area contributed by atoms with Crippen LogP contribution in [0.2, 0.25) is 0 Å². The molecule has 2 heteroatoms. The Balaban J connectivity index is 2.42. The van der Waals surface area contributed by atoms with Crippen LogP contribution in [0.4, 0.5) is 0 Å². The minimum Gasteiger partial charge on any atom is -0.508 e. The molecule has 0 saturated heterocycles. The van der Waals surface area contributed by atoms with E-state index in [4.69, 9.17) is 5.73 Å². The molecular formula is C11H15NO. The highest BCUT2D eigenvalue weighted by Gasteiger charge is 2.26. The van der Waals surface area contributed by atoms with Crippen LogP contribution in [0.5, 0.6) is 5.75 Å². The summed E-state index contributed by atoms with van der Waals surface area (Å²) < 4.78 is 0. The van der Waals surface area contributed by atoms with Crippen LogP contribution in [0.3, 0.4) is 0 Å². The molecule has 2 nitrogen and oxygen atoms in total. The molecule has 0 saturated carbocycles. The molecule has 0 bridgehead atoms. The molecule has 1 unspecified atom stereocenters. The van der Waals surface area contributed by atoms with Gasteiger partial charge in [0.15, 0.2) is 0 Å². The van der Waals surface area contributed by atoms with Crippen LogP contribution >= 0.6 is 0 Å². The lowest BCUT2D eigenvalue weighted by Gasteiger charge is -2.31. The average molecular weight is 177 g/mol. The van der Waals surface area contributed by atoms with Crippen LogP contribution in [-0.2, 0) is 12.8 Å². The van der Waals surface area contributed by atoms with Gasteiger partial charge in [0, 0.05) is 5.54 Å². The summed E-state index contributed by atoms with van der Waals surface area (Å²) in [6, 6.07) is 5.69. The molecule has 0 aliphatic heterocycles. The molecule has 70 valence electrons. The van der Waals surface area contributed by atoms with Crippen LogP contribution in [0.1, 0.15) is 24.5 Å². The molecule has 0 aromatic heterocycles. The van der Waals surface area contributed by atoms with E-state index in [9.17, 15) is 5.11 Å². The molecule has 0 spiro atoms. The molecule has 0 amide bonds. The third kappa shape index (κ3) is 1.54. The zero-order valence-corrected chi connectivity index (χ0v) is 7.88. The Morgan fingerprint density at radius 1 is 1.46 bits per heavy atom. The summed E-state index contributed by atoms with van der Waals surface area (Å²) in [5.74, 6) is 0.424. The molecule has 1 aliphatic carbocycles. The monoisotopic (exact) mass is 177 g/mol. The molecule has 3 N–H and O–H groups in total. The van der Waals surface area contributed by atoms with E-state index in [0.29, 0.717) is 5.75 Å². The fourth-order valence-electron chi connectivity index (χ4n) is 2.01. The third-order valence-electron chi connectivity index (χ3n) is 2.79. The lowest BCUT2D eigenvalue weighted by Crippen LogP contribution is -2.41. The lowest BCUT2D eigenvalue weighted by atomic mass is 9.80. The van der Waals surface area contributed by atoms with Gasteiger partial charge in [0.25, 0.3) is 0 Å². The predicted molar refractivity (Wildman–Crippen MR) is 52.7 cm³/mol. The Morgan fingerprint density at radius 3 is 3.00 bits per heavy atom. The van der Waals surface area contributed by atoms with Gasteiger partial charge in [-0.2, -0.15) is 0 Å². The van der Waals surface area contributed by atoms with Gasteiger partial charge in [0.1, 0.15) is 5.75 Å². The Kier molecular flexibility index (Phi) is 1.81. The zero-order chi connectivity index (χ0) is 9.47. The molecule has 1 atom stereocenters. The standard InChI is InChI=1S/C11H15NO/c1-11(12)6-5-9-8(7-11)3-2-4-10(9)13/h2-4,13H,5-7,12H2,1H3. The quantitative estimate of drug-likeness (QED) is 0.632. The van der Waals surface area contributed by atoms with Crippen LogP contribution < -0.4 is 5.73 Å². The molecule has 0 heterocycles. The van der Waals surface area contributed by atoms with Gasteiger partial charge in [-0.3, -0.25) is 0 Å². The first-order valence-electron chi connectivity index (χ1n) is 4.67. The Labute approximate surface area is 78.4 Å². The van der Waals surface area contributed by atoms with Gasteiger partial charge >= 0.3 is 0 Å². The number of aromatic hydroxyl groups is 1. The van der Waals surface area contributed by atoms with E-state index in [0.717, 1.165) is 24.8 Å². The summed E-state index contributed by atoms with van der Waals surface area (Å²) >= 11 is 0. The fourth-order valence-corrected chi connectivity index (χ4v) is 2.01. The first-order valence-corrected chi connectivity index (χ1v) is 4.67. The summed E-state index contributed by atoms with van der Waals surface area (Å²) in [6.45, 7) is 2.07. The van der Waals surface area contributed by atoms with E-state index in [1.807, 2.05) is 6.07 Å². The maximum atomic E-state index is 9.59. The van der Waals surface area contributed by atoms with Gasteiger partial charge in [-0.1, -0.05) is 12.1 Å². The maximum Gasteiger partial charge on any atom is 0.119 e. The second-order valence-electron chi connectivity index (χ2n) is 4.25. The van der Waals surface area contributed by atoms with Crippen LogP contribution in [-0.4, -0.2) is 10.6 Å². The SMILES string of the molecule is CC1(N)CCc2c(O)cccc2C1. The highest BCUT2D eigenvalue weighted by Crippen LogP contribution is 2.31. The highest BCUT2D eigenvalue weighted by molar-refractivity contribution is 5.42. The average Bonchev–Trinajstić information content (AvgIpc) is 2.02. The maximum absolute atomic E-state index is 9.59. The number of phenols is 1. The van der Waals surface area contributed by atoms with Crippen molar-refractivity contribution >= 4 is 0 Å². The summed E-state index contributed by atoms with van der Waals surface area (Å²) in [7, 11) is 0. The van der Waals surface area contributed by atoms with E-state index >= 15 is 0 Å². The van der Waals surface area contributed by atoms with E-state index < -0.39 is 0 Å². The minimum absolute atomic E-state index is 0.0964. The van der Waals surface area contributed by atoms with Gasteiger partial charge in [0.2, 0.25) is 0 Å². The second kappa shape index (κ2) is 2.74. The van der Waals surface area contributed by atoms with Crippen molar-refractivity contribution in [1.29, 1.82) is 0 Å². The van der Waals surface area contributed by atoms with Crippen molar-refractivity contribution < 1.29 is 5.11 Å². The molecule has 1 aromatic carbocycles. The van der Waals surface area contributed by atoms with E-state index in [1.54, 1.807) is 6.07 Å². The number of hydrogen-bond donors (Lipinski definition) is 2.